The van der Waals surface area contributed by atoms with E-state index in [1.165, 1.54) is 27.0 Å². The van der Waals surface area contributed by atoms with Gasteiger partial charge in [0.05, 0.1) is 16.9 Å². The third-order valence-electron chi connectivity index (χ3n) is 7.96. The molecule has 0 fully saturated rings. The topological polar surface area (TPSA) is 50.9 Å². The highest BCUT2D eigenvalue weighted by Gasteiger charge is 2.28. The molecule has 0 amide bonds. The van der Waals surface area contributed by atoms with Gasteiger partial charge in [-0.2, -0.15) is 0 Å². The number of hydrogen-bond acceptors (Lipinski definition) is 3. The Morgan fingerprint density at radius 2 is 1.62 bits per heavy atom. The Balaban J connectivity index is 1.62. The monoisotopic (exact) mass is 527 g/mol. The number of fused-ring (bicyclic) bond motifs is 3. The van der Waals surface area contributed by atoms with Crippen LogP contribution in [0.5, 0.6) is 5.75 Å². The second-order valence-corrected chi connectivity index (χ2v) is 15.0. The van der Waals surface area contributed by atoms with Gasteiger partial charge in [0.2, 0.25) is 0 Å². The third-order valence-corrected chi connectivity index (χ3v) is 11.3. The second kappa shape index (κ2) is 9.82. The molecular weight excluding hydrogens is 494 g/mol. The van der Waals surface area contributed by atoms with Crippen LogP contribution in [0.15, 0.2) is 97.2 Å². The number of aromatic nitrogens is 3. The summed E-state index contributed by atoms with van der Waals surface area (Å²) in [6.07, 6.45) is 3.73. The highest BCUT2D eigenvalue weighted by atomic mass is 28.3. The second-order valence-electron chi connectivity index (χ2n) is 10.7. The maximum Gasteiger partial charge on any atom is 0.146 e. The summed E-state index contributed by atoms with van der Waals surface area (Å²) in [6.45, 7) is 9.09. The van der Waals surface area contributed by atoms with Gasteiger partial charge in [-0.3, -0.25) is 9.55 Å². The zero-order chi connectivity index (χ0) is 27.1. The molecule has 0 unspecified atom stereocenters. The molecule has 0 aliphatic heterocycles. The first-order valence-corrected chi connectivity index (χ1v) is 16.7. The van der Waals surface area contributed by atoms with Crippen LogP contribution in [0.4, 0.5) is 0 Å². The van der Waals surface area contributed by atoms with Gasteiger partial charge in [-0.15, -0.1) is 0 Å². The van der Waals surface area contributed by atoms with E-state index in [1.807, 2.05) is 30.5 Å². The number of benzene rings is 3. The molecule has 0 saturated heterocycles. The minimum atomic E-state index is -1.99. The van der Waals surface area contributed by atoms with Crippen LogP contribution in [0, 0.1) is 0 Å². The number of aryl methyl sites for hydroxylation is 2. The Hall–Kier alpha value is -4.22. The fraction of sp³-hybridized carbons (Fsp3) is 0.176. The van der Waals surface area contributed by atoms with Gasteiger partial charge in [-0.1, -0.05) is 80.7 Å². The van der Waals surface area contributed by atoms with Gasteiger partial charge in [-0.25, -0.2) is 4.98 Å². The predicted octanol–water partition coefficient (Wildman–Crippen LogP) is 6.89. The molecule has 6 rings (SSSR count). The fourth-order valence-corrected chi connectivity index (χ4v) is 7.83. The van der Waals surface area contributed by atoms with Crippen molar-refractivity contribution in [1.82, 2.24) is 14.5 Å². The van der Waals surface area contributed by atoms with Crippen molar-refractivity contribution in [3.05, 3.63) is 108 Å². The van der Waals surface area contributed by atoms with E-state index in [0.29, 0.717) is 0 Å². The highest BCUT2D eigenvalue weighted by Crippen LogP contribution is 2.37. The smallest absolute Gasteiger partial charge is 0.146 e. The van der Waals surface area contributed by atoms with Crippen molar-refractivity contribution in [3.8, 4) is 22.7 Å². The van der Waals surface area contributed by atoms with E-state index >= 15 is 0 Å². The summed E-state index contributed by atoms with van der Waals surface area (Å²) in [5.74, 6) is 0.240. The maximum absolute atomic E-state index is 10.9. The zero-order valence-electron chi connectivity index (χ0n) is 22.9. The number of aromatic hydroxyl groups is 1. The molecular formula is C34H33N3OSi. The van der Waals surface area contributed by atoms with E-state index in [1.54, 1.807) is 6.07 Å². The van der Waals surface area contributed by atoms with E-state index in [-0.39, 0.29) is 5.75 Å². The largest absolute Gasteiger partial charge is 0.506 e. The third kappa shape index (κ3) is 4.23. The van der Waals surface area contributed by atoms with Gasteiger partial charge in [0, 0.05) is 27.8 Å². The maximum atomic E-state index is 10.9. The minimum Gasteiger partial charge on any atom is -0.506 e. The Labute approximate surface area is 230 Å². The number of rotatable bonds is 6. The average Bonchev–Trinajstić information content (AvgIpc) is 3.29. The standard InChI is InChI=1S/C34H33N3OSi/c1-5-23-17-18-29-27(20-23)28-22-24(6-2)33(36-34(28)37(29)30-14-7-8-15-31(30)38)25-12-11-13-26(21-25)39(3,4)32-16-9-10-19-35-32/h7-22,38H,5-6H2,1-4H3. The van der Waals surface area contributed by atoms with E-state index in [4.69, 9.17) is 9.97 Å². The van der Waals surface area contributed by atoms with Crippen LogP contribution in [0.2, 0.25) is 13.1 Å². The Morgan fingerprint density at radius 3 is 2.36 bits per heavy atom. The molecule has 4 nitrogen and oxygen atoms in total. The molecule has 0 radical (unpaired) electrons. The van der Waals surface area contributed by atoms with E-state index in [0.717, 1.165) is 46.3 Å². The van der Waals surface area contributed by atoms with Crippen LogP contribution in [0.3, 0.4) is 0 Å². The minimum absolute atomic E-state index is 0.240. The van der Waals surface area contributed by atoms with E-state index < -0.39 is 8.07 Å². The predicted molar refractivity (Wildman–Crippen MR) is 165 cm³/mol. The number of pyridine rings is 2. The molecule has 6 aromatic rings. The first-order chi connectivity index (χ1) is 18.9. The summed E-state index contributed by atoms with van der Waals surface area (Å²) in [4.78, 5) is 10.1. The van der Waals surface area contributed by atoms with Crippen molar-refractivity contribution in [2.75, 3.05) is 0 Å². The molecule has 0 aliphatic rings. The molecule has 39 heavy (non-hydrogen) atoms. The average molecular weight is 528 g/mol. The molecule has 3 aromatic carbocycles. The number of nitrogens with zero attached hydrogens (tertiary/aromatic N) is 3. The van der Waals surface area contributed by atoms with Crippen LogP contribution >= 0.6 is 0 Å². The molecule has 0 bridgehead atoms. The van der Waals surface area contributed by atoms with Crippen molar-refractivity contribution in [1.29, 1.82) is 0 Å². The van der Waals surface area contributed by atoms with Crippen LogP contribution in [-0.4, -0.2) is 27.7 Å². The Bertz CT molecular complexity index is 1820. The van der Waals surface area contributed by atoms with Crippen LogP contribution < -0.4 is 10.5 Å². The quantitative estimate of drug-likeness (QED) is 0.240. The molecule has 1 N–H and O–H groups in total. The van der Waals surface area contributed by atoms with Crippen LogP contribution in [-0.2, 0) is 12.8 Å². The molecule has 0 spiro atoms. The Morgan fingerprint density at radius 1 is 0.795 bits per heavy atom. The first-order valence-electron chi connectivity index (χ1n) is 13.7. The van der Waals surface area contributed by atoms with Gasteiger partial charge >= 0.3 is 0 Å². The summed E-state index contributed by atoms with van der Waals surface area (Å²) in [6, 6.07) is 31.5. The van der Waals surface area contributed by atoms with Gasteiger partial charge in [-0.05, 0) is 66.4 Å². The van der Waals surface area contributed by atoms with Crippen molar-refractivity contribution in [3.63, 3.8) is 0 Å². The van der Waals surface area contributed by atoms with Gasteiger partial charge in [0.1, 0.15) is 19.5 Å². The lowest BCUT2D eigenvalue weighted by Gasteiger charge is -2.23. The van der Waals surface area contributed by atoms with Crippen molar-refractivity contribution in [2.45, 2.75) is 39.8 Å². The zero-order valence-corrected chi connectivity index (χ0v) is 23.9. The van der Waals surface area contributed by atoms with Crippen molar-refractivity contribution < 1.29 is 5.11 Å². The summed E-state index contributed by atoms with van der Waals surface area (Å²) in [5.41, 5.74) is 7.26. The highest BCUT2D eigenvalue weighted by molar-refractivity contribution is 6.99. The number of phenolic OH excluding ortho intramolecular Hbond substituents is 1. The number of hydrogen-bond donors (Lipinski definition) is 1. The molecule has 3 heterocycles. The number of para-hydroxylation sites is 2. The van der Waals surface area contributed by atoms with E-state index in [9.17, 15) is 5.11 Å². The molecule has 0 aliphatic carbocycles. The van der Waals surface area contributed by atoms with Gasteiger partial charge < -0.3 is 5.11 Å². The molecule has 3 aromatic heterocycles. The lowest BCUT2D eigenvalue weighted by atomic mass is 10.0. The summed E-state index contributed by atoms with van der Waals surface area (Å²) in [7, 11) is -1.99. The van der Waals surface area contributed by atoms with Gasteiger partial charge in [0.15, 0.2) is 0 Å². The van der Waals surface area contributed by atoms with Crippen LogP contribution in [0.1, 0.15) is 25.0 Å². The Kier molecular flexibility index (Phi) is 6.32. The molecule has 0 saturated carbocycles. The van der Waals surface area contributed by atoms with Crippen LogP contribution in [0.25, 0.3) is 38.9 Å². The lowest BCUT2D eigenvalue weighted by Crippen LogP contribution is -2.54. The summed E-state index contributed by atoms with van der Waals surface area (Å²) < 4.78 is 2.11. The van der Waals surface area contributed by atoms with Gasteiger partial charge in [0.25, 0.3) is 0 Å². The molecule has 0 atom stereocenters. The summed E-state index contributed by atoms with van der Waals surface area (Å²) >= 11 is 0. The normalized spacial score (nSPS) is 11.9. The number of phenols is 1. The lowest BCUT2D eigenvalue weighted by molar-refractivity contribution is 0.473. The van der Waals surface area contributed by atoms with Crippen molar-refractivity contribution >= 4 is 40.5 Å². The first kappa shape index (κ1) is 25.1. The van der Waals surface area contributed by atoms with Crippen molar-refractivity contribution in [2.24, 2.45) is 0 Å². The molecule has 194 valence electrons. The van der Waals surface area contributed by atoms with E-state index in [2.05, 4.69) is 92.2 Å². The summed E-state index contributed by atoms with van der Waals surface area (Å²) in [5, 5.41) is 15.7. The SMILES string of the molecule is CCc1ccc2c(c1)c1cc(CC)c(-c3cccc([Si](C)(C)c4ccccn4)c3)nc1n2-c1ccccc1O. The fourth-order valence-electron chi connectivity index (χ4n) is 5.59. The molecule has 5 heteroatoms.